The van der Waals surface area contributed by atoms with Gasteiger partial charge in [0.2, 0.25) is 0 Å². The van der Waals surface area contributed by atoms with Gasteiger partial charge in [-0.3, -0.25) is 4.79 Å². The van der Waals surface area contributed by atoms with E-state index in [-0.39, 0.29) is 17.8 Å². The van der Waals surface area contributed by atoms with Gasteiger partial charge in [-0.15, -0.1) is 0 Å². The van der Waals surface area contributed by atoms with Crippen LogP contribution in [0.25, 0.3) is 0 Å². The zero-order valence-corrected chi connectivity index (χ0v) is 10.4. The Kier molecular flexibility index (Phi) is 3.74. The molecule has 16 heavy (non-hydrogen) atoms. The Morgan fingerprint density at radius 2 is 2.00 bits per heavy atom. The lowest BCUT2D eigenvalue weighted by Crippen LogP contribution is -2.21. The summed E-state index contributed by atoms with van der Waals surface area (Å²) in [5, 5.41) is 8.98. The summed E-state index contributed by atoms with van der Waals surface area (Å²) in [6.07, 6.45) is 0.187. The van der Waals surface area contributed by atoms with Crippen molar-refractivity contribution >= 4 is 5.97 Å². The third kappa shape index (κ3) is 3.37. The average Bonchev–Trinajstić information content (AvgIpc) is 2.12. The second-order valence-electron chi connectivity index (χ2n) is 5.43. The van der Waals surface area contributed by atoms with E-state index in [0.717, 1.165) is 5.56 Å². The molecule has 0 fully saturated rings. The summed E-state index contributed by atoms with van der Waals surface area (Å²) in [5.41, 5.74) is 2.26. The fraction of sp³-hybridized carbons (Fsp3) is 0.500. The van der Waals surface area contributed by atoms with Crippen molar-refractivity contribution in [3.63, 3.8) is 0 Å². The zero-order valence-electron chi connectivity index (χ0n) is 10.4. The zero-order chi connectivity index (χ0) is 12.3. The Morgan fingerprint density at radius 1 is 1.38 bits per heavy atom. The Bertz CT molecular complexity index is 375. The summed E-state index contributed by atoms with van der Waals surface area (Å²) in [6.45, 7) is 8.29. The van der Waals surface area contributed by atoms with Crippen LogP contribution in [0.3, 0.4) is 0 Å². The number of hydrogen-bond donors (Lipinski definition) is 1. The van der Waals surface area contributed by atoms with E-state index in [4.69, 9.17) is 5.11 Å². The summed E-state index contributed by atoms with van der Waals surface area (Å²) in [4.78, 5) is 10.9. The summed E-state index contributed by atoms with van der Waals surface area (Å²) < 4.78 is 0. The minimum atomic E-state index is -0.735. The van der Waals surface area contributed by atoms with E-state index in [1.807, 2.05) is 25.1 Å². The normalized spacial score (nSPS) is 13.5. The molecule has 1 aromatic rings. The minimum Gasteiger partial charge on any atom is -0.481 e. The van der Waals surface area contributed by atoms with Crippen molar-refractivity contribution < 1.29 is 9.90 Å². The maximum atomic E-state index is 10.9. The Balaban J connectivity index is 3.06. The van der Waals surface area contributed by atoms with Crippen LogP contribution in [0, 0.1) is 12.3 Å². The van der Waals surface area contributed by atoms with Gasteiger partial charge in [0, 0.05) is 0 Å². The summed E-state index contributed by atoms with van der Waals surface area (Å²) >= 11 is 0. The molecule has 0 heterocycles. The monoisotopic (exact) mass is 220 g/mol. The standard InChI is InChI=1S/C14H20O2/c1-10-6-5-7-11(8-10)12(9-13(15)16)14(2,3)4/h5-8,12H,9H2,1-4H3,(H,15,16)/t12-/m0/s1. The molecule has 0 saturated carbocycles. The van der Waals surface area contributed by atoms with Gasteiger partial charge in [0.25, 0.3) is 0 Å². The second kappa shape index (κ2) is 4.69. The predicted octanol–water partition coefficient (Wildman–Crippen LogP) is 3.60. The number of benzene rings is 1. The topological polar surface area (TPSA) is 37.3 Å². The molecule has 0 aliphatic carbocycles. The molecule has 2 nitrogen and oxygen atoms in total. The maximum Gasteiger partial charge on any atom is 0.303 e. The lowest BCUT2D eigenvalue weighted by atomic mass is 9.74. The van der Waals surface area contributed by atoms with Crippen LogP contribution in [-0.4, -0.2) is 11.1 Å². The molecule has 0 saturated heterocycles. The number of aliphatic carboxylic acids is 1. The van der Waals surface area contributed by atoms with Gasteiger partial charge in [-0.25, -0.2) is 0 Å². The number of rotatable bonds is 3. The molecule has 1 atom stereocenters. The first-order valence-corrected chi connectivity index (χ1v) is 5.59. The van der Waals surface area contributed by atoms with Gasteiger partial charge in [-0.05, 0) is 23.8 Å². The fourth-order valence-electron chi connectivity index (χ4n) is 1.99. The molecule has 0 aromatic heterocycles. The van der Waals surface area contributed by atoms with Crippen LogP contribution in [0.2, 0.25) is 0 Å². The maximum absolute atomic E-state index is 10.9. The number of carbonyl (C=O) groups is 1. The number of aryl methyl sites for hydroxylation is 1. The molecule has 1 N–H and O–H groups in total. The first-order valence-electron chi connectivity index (χ1n) is 5.59. The van der Waals surface area contributed by atoms with Crippen LogP contribution in [0.4, 0.5) is 0 Å². The van der Waals surface area contributed by atoms with Crippen LogP contribution < -0.4 is 0 Å². The van der Waals surface area contributed by atoms with Crippen molar-refractivity contribution in [2.75, 3.05) is 0 Å². The van der Waals surface area contributed by atoms with E-state index in [0.29, 0.717) is 0 Å². The van der Waals surface area contributed by atoms with Crippen molar-refractivity contribution in [2.45, 2.75) is 40.0 Å². The van der Waals surface area contributed by atoms with E-state index in [9.17, 15) is 4.79 Å². The van der Waals surface area contributed by atoms with Gasteiger partial charge in [0.05, 0.1) is 6.42 Å². The number of carboxylic acids is 1. The SMILES string of the molecule is Cc1cccc([C@H](CC(=O)O)C(C)(C)C)c1. The molecule has 0 amide bonds. The predicted molar refractivity (Wildman–Crippen MR) is 65.6 cm³/mol. The lowest BCUT2D eigenvalue weighted by molar-refractivity contribution is -0.138. The van der Waals surface area contributed by atoms with Crippen molar-refractivity contribution in [3.8, 4) is 0 Å². The lowest BCUT2D eigenvalue weighted by Gasteiger charge is -2.30. The molecule has 1 rings (SSSR count). The molecule has 0 spiro atoms. The summed E-state index contributed by atoms with van der Waals surface area (Å²) in [5.74, 6) is -0.675. The molecular formula is C14H20O2. The van der Waals surface area contributed by atoms with Gasteiger partial charge >= 0.3 is 5.97 Å². The van der Waals surface area contributed by atoms with Gasteiger partial charge in [-0.1, -0.05) is 50.6 Å². The minimum absolute atomic E-state index is 0.0355. The third-order valence-corrected chi connectivity index (χ3v) is 2.87. The van der Waals surface area contributed by atoms with Gasteiger partial charge in [-0.2, -0.15) is 0 Å². The van der Waals surface area contributed by atoms with E-state index < -0.39 is 5.97 Å². The Hall–Kier alpha value is -1.31. The first-order chi connectivity index (χ1) is 7.30. The molecule has 0 aliphatic rings. The van der Waals surface area contributed by atoms with Gasteiger partial charge in [0.1, 0.15) is 0 Å². The van der Waals surface area contributed by atoms with Crippen molar-refractivity contribution in [1.82, 2.24) is 0 Å². The highest BCUT2D eigenvalue weighted by molar-refractivity contribution is 5.68. The van der Waals surface area contributed by atoms with Gasteiger partial charge < -0.3 is 5.11 Å². The number of hydrogen-bond acceptors (Lipinski definition) is 1. The third-order valence-electron chi connectivity index (χ3n) is 2.87. The molecular weight excluding hydrogens is 200 g/mol. The van der Waals surface area contributed by atoms with E-state index in [1.54, 1.807) is 0 Å². The van der Waals surface area contributed by atoms with Crippen LogP contribution in [0.5, 0.6) is 0 Å². The second-order valence-corrected chi connectivity index (χ2v) is 5.43. The van der Waals surface area contributed by atoms with Crippen LogP contribution in [0.1, 0.15) is 44.2 Å². The van der Waals surface area contributed by atoms with Crippen molar-refractivity contribution in [3.05, 3.63) is 35.4 Å². The molecule has 0 bridgehead atoms. The quantitative estimate of drug-likeness (QED) is 0.845. The summed E-state index contributed by atoms with van der Waals surface area (Å²) in [6, 6.07) is 8.12. The Labute approximate surface area is 97.3 Å². The summed E-state index contributed by atoms with van der Waals surface area (Å²) in [7, 11) is 0. The fourth-order valence-corrected chi connectivity index (χ4v) is 1.99. The smallest absolute Gasteiger partial charge is 0.303 e. The van der Waals surface area contributed by atoms with Crippen LogP contribution in [-0.2, 0) is 4.79 Å². The molecule has 0 aliphatic heterocycles. The van der Waals surface area contributed by atoms with E-state index in [1.165, 1.54) is 5.56 Å². The van der Waals surface area contributed by atoms with Crippen LogP contribution >= 0.6 is 0 Å². The Morgan fingerprint density at radius 3 is 2.44 bits per heavy atom. The van der Waals surface area contributed by atoms with E-state index in [2.05, 4.69) is 26.8 Å². The van der Waals surface area contributed by atoms with Crippen LogP contribution in [0.15, 0.2) is 24.3 Å². The molecule has 1 aromatic carbocycles. The van der Waals surface area contributed by atoms with Gasteiger partial charge in [0.15, 0.2) is 0 Å². The largest absolute Gasteiger partial charge is 0.481 e. The molecule has 2 heteroatoms. The van der Waals surface area contributed by atoms with Crippen molar-refractivity contribution in [1.29, 1.82) is 0 Å². The highest BCUT2D eigenvalue weighted by atomic mass is 16.4. The average molecular weight is 220 g/mol. The highest BCUT2D eigenvalue weighted by Crippen LogP contribution is 2.37. The molecule has 0 unspecified atom stereocenters. The highest BCUT2D eigenvalue weighted by Gasteiger charge is 2.28. The molecule has 0 radical (unpaired) electrons. The molecule has 88 valence electrons. The van der Waals surface area contributed by atoms with E-state index >= 15 is 0 Å². The number of carboxylic acid groups (broad SMARTS) is 1. The van der Waals surface area contributed by atoms with Crippen molar-refractivity contribution in [2.24, 2.45) is 5.41 Å². The first kappa shape index (κ1) is 12.8.